The summed E-state index contributed by atoms with van der Waals surface area (Å²) < 4.78 is 10.4. The maximum Gasteiger partial charge on any atom is 0.319 e. The number of aryl methyl sites for hydroxylation is 1. The molecule has 24 heavy (non-hydrogen) atoms. The Labute approximate surface area is 138 Å². The molecule has 0 saturated carbocycles. The summed E-state index contributed by atoms with van der Waals surface area (Å²) in [6, 6.07) is 2.81. The second-order valence-corrected chi connectivity index (χ2v) is 5.49. The predicted octanol–water partition coefficient (Wildman–Crippen LogP) is 1.98. The maximum atomic E-state index is 12.2. The van der Waals surface area contributed by atoms with E-state index < -0.39 is 11.9 Å². The first-order chi connectivity index (χ1) is 11.6. The van der Waals surface area contributed by atoms with E-state index in [9.17, 15) is 9.59 Å². The monoisotopic (exact) mass is 330 g/mol. The molecule has 4 N–H and O–H groups in total. The van der Waals surface area contributed by atoms with Crippen molar-refractivity contribution in [3.8, 4) is 5.88 Å². The molecule has 0 unspecified atom stereocenters. The molecule has 1 aliphatic carbocycles. The van der Waals surface area contributed by atoms with E-state index in [0.29, 0.717) is 5.69 Å². The number of pyridine rings is 1. The van der Waals surface area contributed by atoms with E-state index in [1.165, 1.54) is 19.4 Å². The summed E-state index contributed by atoms with van der Waals surface area (Å²) in [7, 11) is 1.39. The van der Waals surface area contributed by atoms with E-state index in [-0.39, 0.29) is 17.5 Å². The molecular formula is C16H18N4O4. The molecule has 1 atom stereocenters. The minimum atomic E-state index is -0.682. The predicted molar refractivity (Wildman–Crippen MR) is 85.8 cm³/mol. The number of furan rings is 1. The second kappa shape index (κ2) is 6.61. The fraction of sp³-hybridized carbons (Fsp3) is 0.312. The van der Waals surface area contributed by atoms with E-state index in [0.717, 1.165) is 30.6 Å². The molecule has 8 heteroatoms. The number of anilines is 1. The van der Waals surface area contributed by atoms with Crippen molar-refractivity contribution < 1.29 is 18.7 Å². The van der Waals surface area contributed by atoms with Crippen molar-refractivity contribution in [2.45, 2.75) is 25.3 Å². The minimum Gasteiger partial charge on any atom is -0.480 e. The molecule has 2 heterocycles. The number of primary amides is 1. The summed E-state index contributed by atoms with van der Waals surface area (Å²) in [5.41, 5.74) is 6.74. The van der Waals surface area contributed by atoms with Gasteiger partial charge in [0.15, 0.2) is 0 Å². The molecule has 3 rings (SSSR count). The molecule has 0 spiro atoms. The van der Waals surface area contributed by atoms with Gasteiger partial charge in [-0.2, -0.15) is 0 Å². The Hall–Kier alpha value is -3.03. The van der Waals surface area contributed by atoms with Crippen molar-refractivity contribution in [2.24, 2.45) is 5.73 Å². The number of urea groups is 1. The zero-order chi connectivity index (χ0) is 17.1. The molecule has 0 aliphatic heterocycles. The Bertz CT molecular complexity index is 771. The number of aromatic nitrogens is 1. The first-order valence-corrected chi connectivity index (χ1v) is 7.56. The Kier molecular flexibility index (Phi) is 4.37. The first kappa shape index (κ1) is 15.9. The van der Waals surface area contributed by atoms with E-state index in [2.05, 4.69) is 15.6 Å². The third kappa shape index (κ3) is 3.17. The lowest BCUT2D eigenvalue weighted by molar-refractivity contribution is 0.0996. The lowest BCUT2D eigenvalue weighted by Gasteiger charge is -2.22. The lowest BCUT2D eigenvalue weighted by Crippen LogP contribution is -2.34. The fourth-order valence-corrected chi connectivity index (χ4v) is 2.82. The van der Waals surface area contributed by atoms with E-state index in [1.807, 2.05) is 6.07 Å². The van der Waals surface area contributed by atoms with Gasteiger partial charge in [-0.05, 0) is 25.0 Å². The topological polar surface area (TPSA) is 119 Å². The van der Waals surface area contributed by atoms with E-state index >= 15 is 0 Å². The SMILES string of the molecule is COc1ncc(NC(=O)N[C@H]2CCCc3occc32)cc1C(N)=O. The van der Waals surface area contributed by atoms with E-state index in [4.69, 9.17) is 14.9 Å². The smallest absolute Gasteiger partial charge is 0.319 e. The Morgan fingerprint density at radius 1 is 1.46 bits per heavy atom. The molecule has 0 fully saturated rings. The van der Waals surface area contributed by atoms with Crippen LogP contribution in [0.2, 0.25) is 0 Å². The second-order valence-electron chi connectivity index (χ2n) is 5.49. The van der Waals surface area contributed by atoms with Gasteiger partial charge in [0, 0.05) is 12.0 Å². The Morgan fingerprint density at radius 2 is 2.29 bits per heavy atom. The third-order valence-corrected chi connectivity index (χ3v) is 3.93. The van der Waals surface area contributed by atoms with Crippen LogP contribution in [0, 0.1) is 0 Å². The van der Waals surface area contributed by atoms with Crippen LogP contribution in [0.1, 0.15) is 40.6 Å². The number of rotatable bonds is 4. The van der Waals surface area contributed by atoms with Crippen LogP contribution >= 0.6 is 0 Å². The number of amides is 3. The van der Waals surface area contributed by atoms with Gasteiger partial charge in [-0.3, -0.25) is 4.79 Å². The van der Waals surface area contributed by atoms with Crippen molar-refractivity contribution in [3.05, 3.63) is 41.5 Å². The molecule has 126 valence electrons. The quantitative estimate of drug-likeness (QED) is 0.792. The van der Waals surface area contributed by atoms with Gasteiger partial charge >= 0.3 is 6.03 Å². The highest BCUT2D eigenvalue weighted by Gasteiger charge is 2.24. The molecule has 0 aromatic carbocycles. The molecule has 0 radical (unpaired) electrons. The van der Waals surface area contributed by atoms with Gasteiger partial charge in [0.25, 0.3) is 5.91 Å². The van der Waals surface area contributed by atoms with Crippen LogP contribution in [0.25, 0.3) is 0 Å². The van der Waals surface area contributed by atoms with Gasteiger partial charge in [-0.15, -0.1) is 0 Å². The molecule has 8 nitrogen and oxygen atoms in total. The van der Waals surface area contributed by atoms with Crippen LogP contribution < -0.4 is 21.1 Å². The summed E-state index contributed by atoms with van der Waals surface area (Å²) >= 11 is 0. The van der Waals surface area contributed by atoms with Crippen LogP contribution in [-0.4, -0.2) is 24.0 Å². The van der Waals surface area contributed by atoms with Crippen molar-refractivity contribution in [2.75, 3.05) is 12.4 Å². The van der Waals surface area contributed by atoms with Crippen molar-refractivity contribution >= 4 is 17.6 Å². The van der Waals surface area contributed by atoms with Crippen LogP contribution in [0.15, 0.2) is 29.0 Å². The summed E-state index contributed by atoms with van der Waals surface area (Å²) in [4.78, 5) is 27.6. The summed E-state index contributed by atoms with van der Waals surface area (Å²) in [6.07, 6.45) is 5.70. The first-order valence-electron chi connectivity index (χ1n) is 7.56. The number of fused-ring (bicyclic) bond motifs is 1. The Balaban J connectivity index is 1.70. The van der Waals surface area contributed by atoms with Crippen molar-refractivity contribution in [1.82, 2.24) is 10.3 Å². The average Bonchev–Trinajstić information content (AvgIpc) is 3.04. The van der Waals surface area contributed by atoms with Gasteiger partial charge in [0.2, 0.25) is 5.88 Å². The number of nitrogens with two attached hydrogens (primary N) is 1. The molecule has 3 amide bonds. The Morgan fingerprint density at radius 3 is 3.04 bits per heavy atom. The summed E-state index contributed by atoms with van der Waals surface area (Å²) in [5, 5.41) is 5.55. The normalized spacial score (nSPS) is 16.1. The molecule has 0 saturated heterocycles. The zero-order valence-electron chi connectivity index (χ0n) is 13.2. The summed E-state index contributed by atoms with van der Waals surface area (Å²) in [5.74, 6) is 0.344. The minimum absolute atomic E-state index is 0.102. The van der Waals surface area contributed by atoms with Gasteiger partial charge in [-0.1, -0.05) is 0 Å². The lowest BCUT2D eigenvalue weighted by atomic mass is 9.93. The number of nitrogens with zero attached hydrogens (tertiary/aromatic N) is 1. The number of methoxy groups -OCH3 is 1. The summed E-state index contributed by atoms with van der Waals surface area (Å²) in [6.45, 7) is 0. The maximum absolute atomic E-state index is 12.2. The zero-order valence-corrected chi connectivity index (χ0v) is 13.2. The largest absolute Gasteiger partial charge is 0.480 e. The van der Waals surface area contributed by atoms with Crippen molar-refractivity contribution in [1.29, 1.82) is 0 Å². The van der Waals surface area contributed by atoms with Crippen LogP contribution in [0.3, 0.4) is 0 Å². The average molecular weight is 330 g/mol. The molecule has 1 aliphatic rings. The molecule has 2 aromatic heterocycles. The fourth-order valence-electron chi connectivity index (χ4n) is 2.82. The van der Waals surface area contributed by atoms with Gasteiger partial charge in [0.1, 0.15) is 11.3 Å². The van der Waals surface area contributed by atoms with Crippen LogP contribution in [0.5, 0.6) is 5.88 Å². The highest BCUT2D eigenvalue weighted by molar-refractivity contribution is 5.97. The molecule has 0 bridgehead atoms. The standard InChI is InChI=1S/C16H18N4O4/c1-23-15-11(14(17)21)7-9(8-18-15)19-16(22)20-12-3-2-4-13-10(12)5-6-24-13/h5-8,12H,2-4H2,1H3,(H2,17,21)(H2,19,20,22)/t12-/m0/s1. The highest BCUT2D eigenvalue weighted by atomic mass is 16.5. The third-order valence-electron chi connectivity index (χ3n) is 3.93. The number of carbonyl (C=O) groups excluding carboxylic acids is 2. The number of ether oxygens (including phenoxy) is 1. The molecule has 2 aromatic rings. The van der Waals surface area contributed by atoms with Crippen LogP contribution in [-0.2, 0) is 6.42 Å². The number of hydrogen-bond acceptors (Lipinski definition) is 5. The number of hydrogen-bond donors (Lipinski definition) is 3. The van der Waals surface area contributed by atoms with Crippen LogP contribution in [0.4, 0.5) is 10.5 Å². The van der Waals surface area contributed by atoms with E-state index in [1.54, 1.807) is 6.26 Å². The van der Waals surface area contributed by atoms with Crippen molar-refractivity contribution in [3.63, 3.8) is 0 Å². The van der Waals surface area contributed by atoms with Gasteiger partial charge < -0.3 is 25.5 Å². The highest BCUT2D eigenvalue weighted by Crippen LogP contribution is 2.30. The van der Waals surface area contributed by atoms with Gasteiger partial charge in [0.05, 0.1) is 31.3 Å². The van der Waals surface area contributed by atoms with Gasteiger partial charge in [-0.25, -0.2) is 9.78 Å². The number of carbonyl (C=O) groups is 2. The molecular weight excluding hydrogens is 312 g/mol. The number of nitrogens with one attached hydrogen (secondary N) is 2.